The van der Waals surface area contributed by atoms with E-state index in [9.17, 15) is 4.79 Å². The van der Waals surface area contributed by atoms with Gasteiger partial charge in [-0.05, 0) is 11.5 Å². The summed E-state index contributed by atoms with van der Waals surface area (Å²) >= 11 is 0. The van der Waals surface area contributed by atoms with Crippen molar-refractivity contribution < 1.29 is 23.7 Å². The van der Waals surface area contributed by atoms with Crippen molar-refractivity contribution in [3.63, 3.8) is 0 Å². The van der Waals surface area contributed by atoms with Gasteiger partial charge >= 0.3 is 12.1 Å². The van der Waals surface area contributed by atoms with Crippen molar-refractivity contribution in [2.45, 2.75) is 32.5 Å². The summed E-state index contributed by atoms with van der Waals surface area (Å²) in [5.41, 5.74) is 1.33. The van der Waals surface area contributed by atoms with Crippen LogP contribution in [0.4, 0.5) is 4.79 Å². The van der Waals surface area contributed by atoms with Crippen molar-refractivity contribution in [3.05, 3.63) is 53.6 Å². The molecular formula is C19H27N3O5. The lowest BCUT2D eigenvalue weighted by Gasteiger charge is -2.26. The Morgan fingerprint density at radius 3 is 2.33 bits per heavy atom. The van der Waals surface area contributed by atoms with Crippen LogP contribution in [0.25, 0.3) is 0 Å². The molecule has 0 aliphatic carbocycles. The molecule has 0 aliphatic rings. The van der Waals surface area contributed by atoms with Crippen LogP contribution in [0.2, 0.25) is 0 Å². The third-order valence-corrected chi connectivity index (χ3v) is 4.16. The molecule has 27 heavy (non-hydrogen) atoms. The lowest BCUT2D eigenvalue weighted by Crippen LogP contribution is -2.34. The molecule has 0 saturated carbocycles. The number of hydrogen-bond donors (Lipinski definition) is 2. The van der Waals surface area contributed by atoms with Gasteiger partial charge < -0.3 is 29.2 Å². The standard InChI is InChI=1S/C19H27N3O5/c1-13(2)16(22-18(23)27-12-14-9-7-6-8-10-14)17-20-11-15(21-17)19(24-3,25-4)26-5/h6-11,13,16H,12H2,1-5H3,(H,20,21)(H,22,23)/t16-/m0/s1. The molecule has 1 aromatic heterocycles. The van der Waals surface area contributed by atoms with E-state index in [0.29, 0.717) is 11.5 Å². The number of imidazole rings is 1. The Kier molecular flexibility index (Phi) is 7.35. The van der Waals surface area contributed by atoms with E-state index in [0.717, 1.165) is 5.56 Å². The van der Waals surface area contributed by atoms with Crippen LogP contribution in [-0.4, -0.2) is 37.4 Å². The Morgan fingerprint density at radius 2 is 1.78 bits per heavy atom. The molecule has 0 unspecified atom stereocenters. The van der Waals surface area contributed by atoms with Gasteiger partial charge in [-0.25, -0.2) is 9.78 Å². The Morgan fingerprint density at radius 1 is 1.15 bits per heavy atom. The van der Waals surface area contributed by atoms with Crippen LogP contribution < -0.4 is 5.32 Å². The molecule has 0 fully saturated rings. The smallest absolute Gasteiger partial charge is 0.408 e. The molecule has 0 saturated heterocycles. The number of amides is 1. The first-order valence-electron chi connectivity index (χ1n) is 8.64. The first kappa shape index (κ1) is 20.9. The van der Waals surface area contributed by atoms with Crippen LogP contribution in [0.15, 0.2) is 36.5 Å². The summed E-state index contributed by atoms with van der Waals surface area (Å²) in [5, 5.41) is 2.84. The summed E-state index contributed by atoms with van der Waals surface area (Å²) < 4.78 is 21.2. The van der Waals surface area contributed by atoms with Gasteiger partial charge in [0.05, 0.1) is 6.04 Å². The highest BCUT2D eigenvalue weighted by molar-refractivity contribution is 5.67. The number of carbonyl (C=O) groups excluding carboxylic acids is 1. The Labute approximate surface area is 159 Å². The monoisotopic (exact) mass is 377 g/mol. The molecule has 2 rings (SSSR count). The van der Waals surface area contributed by atoms with Gasteiger partial charge in [-0.15, -0.1) is 0 Å². The predicted octanol–water partition coefficient (Wildman–Crippen LogP) is 3.08. The topological polar surface area (TPSA) is 94.7 Å². The summed E-state index contributed by atoms with van der Waals surface area (Å²) in [6, 6.07) is 9.10. The minimum Gasteiger partial charge on any atom is -0.445 e. The fourth-order valence-corrected chi connectivity index (χ4v) is 2.66. The molecule has 1 amide bonds. The fourth-order valence-electron chi connectivity index (χ4n) is 2.66. The zero-order valence-electron chi connectivity index (χ0n) is 16.3. The van der Waals surface area contributed by atoms with Gasteiger partial charge in [0.1, 0.15) is 18.1 Å². The highest BCUT2D eigenvalue weighted by Gasteiger charge is 2.36. The number of nitrogens with one attached hydrogen (secondary N) is 2. The SMILES string of the molecule is COC(OC)(OC)c1c[nH]c([C@@H](NC(=O)OCc2ccccc2)C(C)C)n1. The van der Waals surface area contributed by atoms with E-state index in [1.807, 2.05) is 44.2 Å². The number of carbonyl (C=O) groups is 1. The third kappa shape index (κ3) is 5.06. The molecule has 0 radical (unpaired) electrons. The van der Waals surface area contributed by atoms with Crippen molar-refractivity contribution in [3.8, 4) is 0 Å². The summed E-state index contributed by atoms with van der Waals surface area (Å²) in [4.78, 5) is 19.8. The quantitative estimate of drug-likeness (QED) is 0.652. The second-order valence-electron chi connectivity index (χ2n) is 6.27. The van der Waals surface area contributed by atoms with Crippen molar-refractivity contribution in [1.82, 2.24) is 15.3 Å². The number of benzene rings is 1. The number of hydrogen-bond acceptors (Lipinski definition) is 6. The van der Waals surface area contributed by atoms with Gasteiger partial charge in [0.25, 0.3) is 0 Å². The summed E-state index contributed by atoms with van der Waals surface area (Å²) in [5.74, 6) is -0.799. The Balaban J connectivity index is 2.08. The number of ether oxygens (including phenoxy) is 4. The Bertz CT molecular complexity index is 705. The van der Waals surface area contributed by atoms with E-state index in [1.165, 1.54) is 21.3 Å². The second-order valence-corrected chi connectivity index (χ2v) is 6.27. The van der Waals surface area contributed by atoms with Crippen molar-refractivity contribution in [2.75, 3.05) is 21.3 Å². The number of aromatic nitrogens is 2. The molecule has 148 valence electrons. The van der Waals surface area contributed by atoms with E-state index < -0.39 is 12.1 Å². The minimum atomic E-state index is -1.41. The number of H-pyrrole nitrogens is 1. The van der Waals surface area contributed by atoms with E-state index in [2.05, 4.69) is 15.3 Å². The molecule has 2 aromatic rings. The molecule has 8 heteroatoms. The largest absolute Gasteiger partial charge is 0.445 e. The number of methoxy groups -OCH3 is 3. The van der Waals surface area contributed by atoms with Gasteiger partial charge in [-0.1, -0.05) is 44.2 Å². The average Bonchev–Trinajstić information content (AvgIpc) is 3.17. The zero-order valence-corrected chi connectivity index (χ0v) is 16.3. The summed E-state index contributed by atoms with van der Waals surface area (Å²) in [6.07, 6.45) is 1.10. The maximum atomic E-state index is 12.2. The molecule has 2 N–H and O–H groups in total. The maximum Gasteiger partial charge on any atom is 0.408 e. The first-order chi connectivity index (χ1) is 13.0. The highest BCUT2D eigenvalue weighted by atomic mass is 16.9. The van der Waals surface area contributed by atoms with E-state index in [4.69, 9.17) is 18.9 Å². The molecule has 0 bridgehead atoms. The molecule has 1 heterocycles. The normalized spacial score (nSPS) is 12.8. The fraction of sp³-hybridized carbons (Fsp3) is 0.474. The molecule has 1 atom stereocenters. The zero-order chi connectivity index (χ0) is 19.9. The predicted molar refractivity (Wildman–Crippen MR) is 98.6 cm³/mol. The summed E-state index contributed by atoms with van der Waals surface area (Å²) in [7, 11) is 4.38. The number of rotatable bonds is 9. The molecule has 1 aromatic carbocycles. The number of alkyl carbamates (subject to hydrolysis) is 1. The van der Waals surface area contributed by atoms with Crippen LogP contribution in [-0.2, 0) is 31.5 Å². The van der Waals surface area contributed by atoms with Gasteiger partial charge in [-0.3, -0.25) is 0 Å². The van der Waals surface area contributed by atoms with Gasteiger partial charge in [-0.2, -0.15) is 0 Å². The number of nitrogens with zero attached hydrogens (tertiary/aromatic N) is 1. The first-order valence-corrected chi connectivity index (χ1v) is 8.64. The van der Waals surface area contributed by atoms with Crippen LogP contribution >= 0.6 is 0 Å². The second kappa shape index (κ2) is 9.50. The van der Waals surface area contributed by atoms with Gasteiger partial charge in [0.15, 0.2) is 0 Å². The lowest BCUT2D eigenvalue weighted by atomic mass is 10.0. The lowest BCUT2D eigenvalue weighted by molar-refractivity contribution is -0.366. The van der Waals surface area contributed by atoms with Crippen molar-refractivity contribution in [1.29, 1.82) is 0 Å². The van der Waals surface area contributed by atoms with Gasteiger partial charge in [0.2, 0.25) is 0 Å². The molecule has 0 spiro atoms. The van der Waals surface area contributed by atoms with E-state index in [1.54, 1.807) is 6.20 Å². The van der Waals surface area contributed by atoms with Crippen LogP contribution in [0.1, 0.15) is 37.0 Å². The highest BCUT2D eigenvalue weighted by Crippen LogP contribution is 2.27. The van der Waals surface area contributed by atoms with Crippen molar-refractivity contribution >= 4 is 6.09 Å². The average molecular weight is 377 g/mol. The van der Waals surface area contributed by atoms with Crippen molar-refractivity contribution in [2.24, 2.45) is 5.92 Å². The molecule has 0 aliphatic heterocycles. The minimum absolute atomic E-state index is 0.0651. The van der Waals surface area contributed by atoms with Crippen LogP contribution in [0.5, 0.6) is 0 Å². The van der Waals surface area contributed by atoms with Crippen LogP contribution in [0.3, 0.4) is 0 Å². The van der Waals surface area contributed by atoms with Crippen LogP contribution in [0, 0.1) is 5.92 Å². The van der Waals surface area contributed by atoms with E-state index >= 15 is 0 Å². The molecular weight excluding hydrogens is 350 g/mol. The Hall–Kier alpha value is -2.42. The summed E-state index contributed by atoms with van der Waals surface area (Å²) in [6.45, 7) is 4.14. The molecule has 8 nitrogen and oxygen atoms in total. The number of aromatic amines is 1. The third-order valence-electron chi connectivity index (χ3n) is 4.16. The van der Waals surface area contributed by atoms with E-state index in [-0.39, 0.29) is 18.6 Å². The maximum absolute atomic E-state index is 12.2. The van der Waals surface area contributed by atoms with Gasteiger partial charge in [0, 0.05) is 27.5 Å².